The molecule has 0 bridgehead atoms. The topological polar surface area (TPSA) is 66.8 Å². The molecular weight excluding hydrogens is 342 g/mol. The van der Waals surface area contributed by atoms with E-state index in [0.29, 0.717) is 26.1 Å². The van der Waals surface area contributed by atoms with Gasteiger partial charge in [-0.15, -0.1) is 0 Å². The van der Waals surface area contributed by atoms with Crippen molar-refractivity contribution in [2.45, 2.75) is 56.5 Å². The van der Waals surface area contributed by atoms with Gasteiger partial charge in [-0.05, 0) is 43.6 Å². The summed E-state index contributed by atoms with van der Waals surface area (Å²) in [6, 6.07) is 10.2. The van der Waals surface area contributed by atoms with Crippen molar-refractivity contribution in [2.24, 2.45) is 11.8 Å². The molecule has 4 rings (SSSR count). The molecule has 2 heterocycles. The summed E-state index contributed by atoms with van der Waals surface area (Å²) in [6.45, 7) is 1.96. The van der Waals surface area contributed by atoms with Crippen LogP contribution in [0.2, 0.25) is 0 Å². The first-order valence-corrected chi connectivity index (χ1v) is 10.3. The molecular formula is C22H29NO4. The Morgan fingerprint density at radius 1 is 1.04 bits per heavy atom. The van der Waals surface area contributed by atoms with Gasteiger partial charge in [0.15, 0.2) is 0 Å². The van der Waals surface area contributed by atoms with Crippen molar-refractivity contribution in [3.05, 3.63) is 35.9 Å². The Kier molecular flexibility index (Phi) is 5.22. The average Bonchev–Trinajstić information content (AvgIpc) is 3.39. The summed E-state index contributed by atoms with van der Waals surface area (Å²) in [4.78, 5) is 27.0. The Morgan fingerprint density at radius 2 is 1.70 bits per heavy atom. The van der Waals surface area contributed by atoms with E-state index < -0.39 is 5.97 Å². The molecule has 1 unspecified atom stereocenters. The van der Waals surface area contributed by atoms with Crippen molar-refractivity contribution < 1.29 is 19.4 Å². The fourth-order valence-corrected chi connectivity index (χ4v) is 5.44. The molecule has 2 aliphatic heterocycles. The number of carboxylic acid groups (broad SMARTS) is 1. The number of piperidine rings is 1. The Balaban J connectivity index is 1.44. The lowest BCUT2D eigenvalue weighted by atomic mass is 9.76. The van der Waals surface area contributed by atoms with Gasteiger partial charge in [-0.3, -0.25) is 9.59 Å². The quantitative estimate of drug-likeness (QED) is 0.882. The van der Waals surface area contributed by atoms with E-state index in [-0.39, 0.29) is 29.3 Å². The summed E-state index contributed by atoms with van der Waals surface area (Å²) in [7, 11) is 0. The molecule has 146 valence electrons. The molecule has 0 spiro atoms. The van der Waals surface area contributed by atoms with Crippen molar-refractivity contribution in [1.82, 2.24) is 4.90 Å². The van der Waals surface area contributed by atoms with Crippen LogP contribution in [-0.2, 0) is 19.7 Å². The van der Waals surface area contributed by atoms with Gasteiger partial charge in [0.1, 0.15) is 0 Å². The third-order valence-electron chi connectivity index (χ3n) is 6.94. The maximum atomic E-state index is 13.5. The highest BCUT2D eigenvalue weighted by Gasteiger charge is 2.46. The van der Waals surface area contributed by atoms with E-state index in [1.807, 2.05) is 23.1 Å². The number of benzene rings is 1. The van der Waals surface area contributed by atoms with Crippen molar-refractivity contribution in [3.63, 3.8) is 0 Å². The number of ether oxygens (including phenoxy) is 1. The van der Waals surface area contributed by atoms with Crippen LogP contribution in [0.3, 0.4) is 0 Å². The van der Waals surface area contributed by atoms with Crippen molar-refractivity contribution >= 4 is 11.9 Å². The fraction of sp³-hybridized carbons (Fsp3) is 0.636. The number of amides is 1. The van der Waals surface area contributed by atoms with Gasteiger partial charge in [-0.25, -0.2) is 0 Å². The SMILES string of the molecule is O=C(O)C1CCO[C@H]1C1CCN(C(=O)C2(c3ccccc3)CCCC2)CC1. The molecule has 0 aromatic heterocycles. The van der Waals surface area contributed by atoms with Crippen molar-refractivity contribution in [2.75, 3.05) is 19.7 Å². The van der Waals surface area contributed by atoms with Crippen LogP contribution in [0, 0.1) is 11.8 Å². The highest BCUT2D eigenvalue weighted by atomic mass is 16.5. The van der Waals surface area contributed by atoms with Gasteiger partial charge >= 0.3 is 5.97 Å². The van der Waals surface area contributed by atoms with E-state index in [0.717, 1.165) is 44.1 Å². The molecule has 1 N–H and O–H groups in total. The molecule has 1 aromatic carbocycles. The summed E-state index contributed by atoms with van der Waals surface area (Å²) >= 11 is 0. The van der Waals surface area contributed by atoms with Crippen LogP contribution < -0.4 is 0 Å². The van der Waals surface area contributed by atoms with Gasteiger partial charge in [-0.1, -0.05) is 43.2 Å². The summed E-state index contributed by atoms with van der Waals surface area (Å²) in [6.07, 6.45) is 6.17. The minimum Gasteiger partial charge on any atom is -0.481 e. The first-order valence-electron chi connectivity index (χ1n) is 10.3. The largest absolute Gasteiger partial charge is 0.481 e. The summed E-state index contributed by atoms with van der Waals surface area (Å²) in [5.41, 5.74) is 0.793. The van der Waals surface area contributed by atoms with Crippen LogP contribution in [0.15, 0.2) is 30.3 Å². The molecule has 5 nitrogen and oxygen atoms in total. The summed E-state index contributed by atoms with van der Waals surface area (Å²) in [5.74, 6) is -0.617. The maximum Gasteiger partial charge on any atom is 0.309 e. The Morgan fingerprint density at radius 3 is 2.33 bits per heavy atom. The minimum absolute atomic E-state index is 0.186. The molecule has 1 amide bonds. The number of aliphatic carboxylic acids is 1. The molecule has 0 radical (unpaired) electrons. The van der Waals surface area contributed by atoms with Crippen LogP contribution in [0.4, 0.5) is 0 Å². The highest BCUT2D eigenvalue weighted by Crippen LogP contribution is 2.43. The Bertz CT molecular complexity index is 675. The van der Waals surface area contributed by atoms with E-state index in [1.165, 1.54) is 0 Å². The monoisotopic (exact) mass is 371 g/mol. The zero-order valence-corrected chi connectivity index (χ0v) is 15.8. The fourth-order valence-electron chi connectivity index (χ4n) is 5.44. The number of nitrogens with zero attached hydrogens (tertiary/aromatic N) is 1. The predicted octanol–water partition coefficient (Wildman–Crippen LogP) is 3.23. The second-order valence-corrected chi connectivity index (χ2v) is 8.35. The second-order valence-electron chi connectivity index (χ2n) is 8.35. The van der Waals surface area contributed by atoms with Gasteiger partial charge in [0.2, 0.25) is 5.91 Å². The lowest BCUT2D eigenvalue weighted by molar-refractivity contribution is -0.146. The zero-order chi connectivity index (χ0) is 18.9. The molecule has 1 aromatic rings. The highest BCUT2D eigenvalue weighted by molar-refractivity contribution is 5.88. The third kappa shape index (κ3) is 3.38. The number of likely N-dealkylation sites (tertiary alicyclic amines) is 1. The standard InChI is InChI=1S/C22H29NO4/c24-20(25)18-10-15-27-19(18)16-8-13-23(14-9-16)21(26)22(11-4-5-12-22)17-6-2-1-3-7-17/h1-3,6-7,16,18-19H,4-5,8-15H2,(H,24,25)/t18?,19-/m0/s1. The van der Waals surface area contributed by atoms with Crippen LogP contribution in [-0.4, -0.2) is 47.7 Å². The molecule has 2 atom stereocenters. The Labute approximate surface area is 160 Å². The minimum atomic E-state index is -0.745. The maximum absolute atomic E-state index is 13.5. The zero-order valence-electron chi connectivity index (χ0n) is 15.8. The summed E-state index contributed by atoms with van der Waals surface area (Å²) < 4.78 is 5.77. The lowest BCUT2D eigenvalue weighted by Gasteiger charge is -2.40. The number of carboxylic acids is 1. The first-order chi connectivity index (χ1) is 13.1. The van der Waals surface area contributed by atoms with Gasteiger partial charge in [0.25, 0.3) is 0 Å². The van der Waals surface area contributed by atoms with Crippen molar-refractivity contribution in [1.29, 1.82) is 0 Å². The van der Waals surface area contributed by atoms with Gasteiger partial charge in [-0.2, -0.15) is 0 Å². The Hall–Kier alpha value is -1.88. The number of carbonyl (C=O) groups excluding carboxylic acids is 1. The number of carbonyl (C=O) groups is 2. The lowest BCUT2D eigenvalue weighted by Crippen LogP contribution is -2.50. The van der Waals surface area contributed by atoms with E-state index in [2.05, 4.69) is 12.1 Å². The van der Waals surface area contributed by atoms with Gasteiger partial charge < -0.3 is 14.7 Å². The smallest absolute Gasteiger partial charge is 0.309 e. The number of hydrogen-bond donors (Lipinski definition) is 1. The van der Waals surface area contributed by atoms with Gasteiger partial charge in [0.05, 0.1) is 17.4 Å². The molecule has 3 fully saturated rings. The molecule has 1 saturated carbocycles. The van der Waals surface area contributed by atoms with Crippen LogP contribution >= 0.6 is 0 Å². The molecule has 3 aliphatic rings. The number of hydrogen-bond acceptors (Lipinski definition) is 3. The van der Waals surface area contributed by atoms with Crippen LogP contribution in [0.1, 0.15) is 50.5 Å². The second kappa shape index (κ2) is 7.63. The average molecular weight is 371 g/mol. The van der Waals surface area contributed by atoms with E-state index in [1.54, 1.807) is 0 Å². The van der Waals surface area contributed by atoms with E-state index in [4.69, 9.17) is 4.74 Å². The van der Waals surface area contributed by atoms with Crippen LogP contribution in [0.25, 0.3) is 0 Å². The van der Waals surface area contributed by atoms with Crippen molar-refractivity contribution in [3.8, 4) is 0 Å². The third-order valence-corrected chi connectivity index (χ3v) is 6.94. The number of rotatable bonds is 4. The van der Waals surface area contributed by atoms with E-state index in [9.17, 15) is 14.7 Å². The first kappa shape index (κ1) is 18.5. The molecule has 27 heavy (non-hydrogen) atoms. The molecule has 1 aliphatic carbocycles. The molecule has 2 saturated heterocycles. The van der Waals surface area contributed by atoms with Crippen LogP contribution in [0.5, 0.6) is 0 Å². The normalized spacial score (nSPS) is 28.4. The predicted molar refractivity (Wildman–Crippen MR) is 101 cm³/mol. The summed E-state index contributed by atoms with van der Waals surface area (Å²) in [5, 5.41) is 9.41. The van der Waals surface area contributed by atoms with E-state index >= 15 is 0 Å². The molecule has 5 heteroatoms. The van der Waals surface area contributed by atoms with Gasteiger partial charge in [0, 0.05) is 19.7 Å².